The average Bonchev–Trinajstić information content (AvgIpc) is 2.52. The van der Waals surface area contributed by atoms with Crippen LogP contribution in [0, 0.1) is 0 Å². The number of hydrogen-bond acceptors (Lipinski definition) is 5. The number of piperazine rings is 1. The van der Waals surface area contributed by atoms with Crippen molar-refractivity contribution in [1.29, 1.82) is 0 Å². The molecule has 1 fully saturated rings. The Balaban J connectivity index is 1.78. The highest BCUT2D eigenvalue weighted by Crippen LogP contribution is 2.12. The highest BCUT2D eigenvalue weighted by molar-refractivity contribution is 5.85. The van der Waals surface area contributed by atoms with Crippen LogP contribution in [-0.4, -0.2) is 70.3 Å². The summed E-state index contributed by atoms with van der Waals surface area (Å²) in [5.41, 5.74) is 0.552. The predicted molar refractivity (Wildman–Crippen MR) is 89.1 cm³/mol. The minimum Gasteiger partial charge on any atom is -0.477 e. The molecule has 7 nitrogen and oxygen atoms in total. The van der Waals surface area contributed by atoms with E-state index in [4.69, 9.17) is 9.84 Å². The van der Waals surface area contributed by atoms with Crippen molar-refractivity contribution < 1.29 is 19.4 Å². The second-order valence-electron chi connectivity index (χ2n) is 6.91. The maximum Gasteiger partial charge on any atom is 0.410 e. The molecule has 0 spiro atoms. The van der Waals surface area contributed by atoms with Gasteiger partial charge in [-0.25, -0.2) is 14.6 Å². The number of hydrogen-bond donors (Lipinski definition) is 1. The Kier molecular flexibility index (Phi) is 5.77. The lowest BCUT2D eigenvalue weighted by atomic mass is 10.1. The number of carbonyl (C=O) groups is 2. The zero-order chi connectivity index (χ0) is 17.7. The molecule has 1 aliphatic heterocycles. The minimum absolute atomic E-state index is 0.0715. The fourth-order valence-electron chi connectivity index (χ4n) is 2.51. The molecule has 1 aliphatic rings. The molecule has 0 aliphatic carbocycles. The summed E-state index contributed by atoms with van der Waals surface area (Å²) < 4.78 is 5.38. The molecule has 0 radical (unpaired) electrons. The fraction of sp³-hybridized carbons (Fsp3) is 0.588. The summed E-state index contributed by atoms with van der Waals surface area (Å²) in [7, 11) is 0. The number of ether oxygens (including phenoxy) is 1. The van der Waals surface area contributed by atoms with Crippen molar-refractivity contribution in [2.45, 2.75) is 32.8 Å². The lowest BCUT2D eigenvalue weighted by Crippen LogP contribution is -2.50. The van der Waals surface area contributed by atoms with E-state index in [0.717, 1.165) is 31.6 Å². The fourth-order valence-corrected chi connectivity index (χ4v) is 2.51. The minimum atomic E-state index is -1.01. The highest BCUT2D eigenvalue weighted by atomic mass is 16.6. The number of aromatic carboxylic acids is 1. The van der Waals surface area contributed by atoms with Crippen LogP contribution in [0.15, 0.2) is 18.3 Å². The molecule has 2 rings (SSSR count). The van der Waals surface area contributed by atoms with Crippen LogP contribution in [-0.2, 0) is 11.2 Å². The third-order valence-electron chi connectivity index (χ3n) is 3.78. The first-order valence-electron chi connectivity index (χ1n) is 8.13. The molecule has 132 valence electrons. The summed E-state index contributed by atoms with van der Waals surface area (Å²) >= 11 is 0. The topological polar surface area (TPSA) is 83.0 Å². The van der Waals surface area contributed by atoms with E-state index in [1.54, 1.807) is 11.0 Å². The van der Waals surface area contributed by atoms with Crippen LogP contribution in [0.2, 0.25) is 0 Å². The first-order valence-corrected chi connectivity index (χ1v) is 8.13. The maximum absolute atomic E-state index is 12.0. The van der Waals surface area contributed by atoms with Gasteiger partial charge in [-0.05, 0) is 44.9 Å². The van der Waals surface area contributed by atoms with Gasteiger partial charge < -0.3 is 14.7 Å². The van der Waals surface area contributed by atoms with E-state index in [1.165, 1.54) is 6.20 Å². The van der Waals surface area contributed by atoms with Crippen molar-refractivity contribution in [3.05, 3.63) is 29.6 Å². The predicted octanol–water partition coefficient (Wildman–Crippen LogP) is 1.88. The van der Waals surface area contributed by atoms with Gasteiger partial charge in [-0.15, -0.1) is 0 Å². The number of pyridine rings is 1. The maximum atomic E-state index is 12.0. The van der Waals surface area contributed by atoms with Crippen LogP contribution in [0.5, 0.6) is 0 Å². The molecule has 24 heavy (non-hydrogen) atoms. The molecule has 0 bridgehead atoms. The summed E-state index contributed by atoms with van der Waals surface area (Å²) in [5.74, 6) is -1.01. The lowest BCUT2D eigenvalue weighted by molar-refractivity contribution is 0.0146. The molecule has 2 heterocycles. The van der Waals surface area contributed by atoms with E-state index in [1.807, 2.05) is 26.8 Å². The van der Waals surface area contributed by atoms with Gasteiger partial charge in [0.05, 0.1) is 0 Å². The van der Waals surface area contributed by atoms with Crippen molar-refractivity contribution in [1.82, 2.24) is 14.8 Å². The highest BCUT2D eigenvalue weighted by Gasteiger charge is 2.25. The SMILES string of the molecule is CC(C)(C)OC(=O)N1CCN(CCc2ccnc(C(=O)O)c2)CC1. The van der Waals surface area contributed by atoms with Gasteiger partial charge in [0.2, 0.25) is 0 Å². The number of carbonyl (C=O) groups excluding carboxylic acids is 1. The summed E-state index contributed by atoms with van der Waals surface area (Å²) in [5, 5.41) is 8.97. The Hall–Kier alpha value is -2.15. The number of amides is 1. The second-order valence-corrected chi connectivity index (χ2v) is 6.91. The molecule has 1 amide bonds. The number of carboxylic acid groups (broad SMARTS) is 1. The number of aromatic nitrogens is 1. The van der Waals surface area contributed by atoms with Gasteiger partial charge in [0.25, 0.3) is 0 Å². The molecule has 1 aromatic rings. The zero-order valence-electron chi connectivity index (χ0n) is 14.5. The second kappa shape index (κ2) is 7.61. The van der Waals surface area contributed by atoms with E-state index in [2.05, 4.69) is 9.88 Å². The van der Waals surface area contributed by atoms with E-state index in [0.29, 0.717) is 13.1 Å². The van der Waals surface area contributed by atoms with Gasteiger partial charge in [0.1, 0.15) is 11.3 Å². The smallest absolute Gasteiger partial charge is 0.410 e. The monoisotopic (exact) mass is 335 g/mol. The van der Waals surface area contributed by atoms with Gasteiger partial charge in [0.15, 0.2) is 0 Å². The molecule has 0 saturated carbocycles. The number of nitrogens with zero attached hydrogens (tertiary/aromatic N) is 3. The molecule has 7 heteroatoms. The molecule has 0 aromatic carbocycles. The Morgan fingerprint density at radius 3 is 2.50 bits per heavy atom. The van der Waals surface area contributed by atoms with Crippen molar-refractivity contribution in [3.63, 3.8) is 0 Å². The van der Waals surface area contributed by atoms with Crippen molar-refractivity contribution in [2.75, 3.05) is 32.7 Å². The zero-order valence-corrected chi connectivity index (χ0v) is 14.5. The van der Waals surface area contributed by atoms with Gasteiger partial charge >= 0.3 is 12.1 Å². The first kappa shape index (κ1) is 18.2. The van der Waals surface area contributed by atoms with Gasteiger partial charge in [0, 0.05) is 38.9 Å². The molecule has 1 saturated heterocycles. The van der Waals surface area contributed by atoms with Crippen LogP contribution in [0.4, 0.5) is 4.79 Å². The van der Waals surface area contributed by atoms with E-state index < -0.39 is 11.6 Å². The molecular formula is C17H25N3O4. The van der Waals surface area contributed by atoms with E-state index in [-0.39, 0.29) is 11.8 Å². The Labute approximate surface area is 142 Å². The van der Waals surface area contributed by atoms with E-state index in [9.17, 15) is 9.59 Å². The molecular weight excluding hydrogens is 310 g/mol. The van der Waals surface area contributed by atoms with Crippen LogP contribution in [0.1, 0.15) is 36.8 Å². The van der Waals surface area contributed by atoms with Crippen LogP contribution < -0.4 is 0 Å². The average molecular weight is 335 g/mol. The first-order chi connectivity index (χ1) is 11.2. The summed E-state index contributed by atoms with van der Waals surface area (Å²) in [6.45, 7) is 9.28. The molecule has 1 aromatic heterocycles. The number of carboxylic acids is 1. The Morgan fingerprint density at radius 2 is 1.92 bits per heavy atom. The largest absolute Gasteiger partial charge is 0.477 e. The summed E-state index contributed by atoms with van der Waals surface area (Å²) in [4.78, 5) is 30.8. The van der Waals surface area contributed by atoms with Crippen LogP contribution in [0.25, 0.3) is 0 Å². The third kappa shape index (κ3) is 5.49. The van der Waals surface area contributed by atoms with Crippen LogP contribution >= 0.6 is 0 Å². The Bertz CT molecular complexity index is 590. The van der Waals surface area contributed by atoms with Gasteiger partial charge in [-0.2, -0.15) is 0 Å². The molecule has 1 N–H and O–H groups in total. The third-order valence-corrected chi connectivity index (χ3v) is 3.78. The quantitative estimate of drug-likeness (QED) is 0.904. The Morgan fingerprint density at radius 1 is 1.25 bits per heavy atom. The van der Waals surface area contributed by atoms with Gasteiger partial charge in [-0.1, -0.05) is 0 Å². The van der Waals surface area contributed by atoms with Crippen molar-refractivity contribution in [2.24, 2.45) is 0 Å². The summed E-state index contributed by atoms with van der Waals surface area (Å²) in [6, 6.07) is 3.45. The normalized spacial score (nSPS) is 16.0. The number of rotatable bonds is 4. The molecule has 0 atom stereocenters. The van der Waals surface area contributed by atoms with Crippen molar-refractivity contribution in [3.8, 4) is 0 Å². The van der Waals surface area contributed by atoms with Crippen molar-refractivity contribution >= 4 is 12.1 Å². The van der Waals surface area contributed by atoms with Crippen LogP contribution in [0.3, 0.4) is 0 Å². The van der Waals surface area contributed by atoms with E-state index >= 15 is 0 Å². The van der Waals surface area contributed by atoms with Gasteiger partial charge in [-0.3, -0.25) is 4.90 Å². The standard InChI is InChI=1S/C17H25N3O4/c1-17(2,3)24-16(23)20-10-8-19(9-11-20)7-5-13-4-6-18-14(12-13)15(21)22/h4,6,12H,5,7-11H2,1-3H3,(H,21,22). The lowest BCUT2D eigenvalue weighted by Gasteiger charge is -2.35. The molecule has 0 unspecified atom stereocenters. The summed E-state index contributed by atoms with van der Waals surface area (Å²) in [6.07, 6.45) is 2.02.